The van der Waals surface area contributed by atoms with Crippen molar-refractivity contribution < 1.29 is 9.53 Å². The molecule has 1 aromatic carbocycles. The molecule has 1 aromatic heterocycles. The maximum absolute atomic E-state index is 12.6. The SMILES string of the molecule is COCc1ncc(C)n1CC1CCN(C(=O)c2ccc(C#N)cc2)CC1. The van der Waals surface area contributed by atoms with Crippen molar-refractivity contribution in [1.82, 2.24) is 14.5 Å². The number of nitrogens with zero attached hydrogens (tertiary/aromatic N) is 4. The summed E-state index contributed by atoms with van der Waals surface area (Å²) >= 11 is 0. The van der Waals surface area contributed by atoms with Crippen molar-refractivity contribution in [1.29, 1.82) is 5.26 Å². The average Bonchev–Trinajstić information content (AvgIpc) is 3.02. The van der Waals surface area contributed by atoms with Crippen molar-refractivity contribution in [3.63, 3.8) is 0 Å². The highest BCUT2D eigenvalue weighted by Crippen LogP contribution is 2.22. The highest BCUT2D eigenvalue weighted by molar-refractivity contribution is 5.94. The fourth-order valence-corrected chi connectivity index (χ4v) is 3.45. The second-order valence-electron chi connectivity index (χ2n) is 6.78. The third-order valence-corrected chi connectivity index (χ3v) is 5.01. The molecule has 136 valence electrons. The van der Waals surface area contributed by atoms with Gasteiger partial charge >= 0.3 is 0 Å². The highest BCUT2D eigenvalue weighted by Gasteiger charge is 2.24. The van der Waals surface area contributed by atoms with E-state index in [1.165, 1.54) is 0 Å². The first-order valence-corrected chi connectivity index (χ1v) is 8.91. The lowest BCUT2D eigenvalue weighted by atomic mass is 9.96. The van der Waals surface area contributed by atoms with E-state index in [9.17, 15) is 4.79 Å². The molecule has 0 aliphatic carbocycles. The zero-order valence-corrected chi connectivity index (χ0v) is 15.3. The van der Waals surface area contributed by atoms with E-state index >= 15 is 0 Å². The van der Waals surface area contributed by atoms with Crippen LogP contribution in [0.1, 0.15) is 40.3 Å². The number of piperidine rings is 1. The molecule has 1 aliphatic rings. The van der Waals surface area contributed by atoms with Crippen LogP contribution in [0.4, 0.5) is 0 Å². The number of hydrogen-bond donors (Lipinski definition) is 0. The predicted octanol–water partition coefficient (Wildman–Crippen LogP) is 2.76. The minimum absolute atomic E-state index is 0.0480. The van der Waals surface area contributed by atoms with Gasteiger partial charge in [-0.3, -0.25) is 4.79 Å². The number of nitriles is 1. The van der Waals surface area contributed by atoms with Gasteiger partial charge in [0, 0.05) is 44.2 Å². The number of benzene rings is 1. The first-order valence-electron chi connectivity index (χ1n) is 8.91. The second-order valence-corrected chi connectivity index (χ2v) is 6.78. The number of aryl methyl sites for hydroxylation is 1. The van der Waals surface area contributed by atoms with Crippen LogP contribution < -0.4 is 0 Å². The van der Waals surface area contributed by atoms with E-state index in [2.05, 4.69) is 22.5 Å². The van der Waals surface area contributed by atoms with Crippen LogP contribution in [0.3, 0.4) is 0 Å². The van der Waals surface area contributed by atoms with Gasteiger partial charge in [0.05, 0.1) is 11.6 Å². The van der Waals surface area contributed by atoms with E-state index in [0.29, 0.717) is 23.7 Å². The Morgan fingerprint density at radius 3 is 2.62 bits per heavy atom. The molecule has 6 heteroatoms. The Morgan fingerprint density at radius 1 is 1.31 bits per heavy atom. The van der Waals surface area contributed by atoms with Crippen molar-refractivity contribution in [2.45, 2.75) is 32.9 Å². The van der Waals surface area contributed by atoms with Gasteiger partial charge in [-0.05, 0) is 49.9 Å². The quantitative estimate of drug-likeness (QED) is 0.829. The maximum atomic E-state index is 12.6. The van der Waals surface area contributed by atoms with Gasteiger partial charge in [-0.15, -0.1) is 0 Å². The van der Waals surface area contributed by atoms with Crippen LogP contribution in [0.25, 0.3) is 0 Å². The molecule has 3 rings (SSSR count). The van der Waals surface area contributed by atoms with Gasteiger partial charge in [0.25, 0.3) is 5.91 Å². The predicted molar refractivity (Wildman–Crippen MR) is 97.5 cm³/mol. The molecule has 2 aromatic rings. The summed E-state index contributed by atoms with van der Waals surface area (Å²) in [7, 11) is 1.68. The van der Waals surface area contributed by atoms with E-state index in [-0.39, 0.29) is 5.91 Å². The first-order chi connectivity index (χ1) is 12.6. The molecule has 0 radical (unpaired) electrons. The lowest BCUT2D eigenvalue weighted by molar-refractivity contribution is 0.0681. The van der Waals surface area contributed by atoms with Gasteiger partial charge in [0.2, 0.25) is 0 Å². The second kappa shape index (κ2) is 8.15. The van der Waals surface area contributed by atoms with Crippen LogP contribution in [0.15, 0.2) is 30.5 Å². The van der Waals surface area contributed by atoms with Crippen LogP contribution >= 0.6 is 0 Å². The summed E-state index contributed by atoms with van der Waals surface area (Å²) in [5, 5.41) is 8.86. The number of imidazole rings is 1. The van der Waals surface area contributed by atoms with Gasteiger partial charge in [-0.2, -0.15) is 5.26 Å². The minimum Gasteiger partial charge on any atom is -0.377 e. The molecular weight excluding hydrogens is 328 g/mol. The van der Waals surface area contributed by atoms with Gasteiger partial charge in [-0.25, -0.2) is 4.98 Å². The summed E-state index contributed by atoms with van der Waals surface area (Å²) in [4.78, 5) is 19.0. The van der Waals surface area contributed by atoms with Crippen molar-refractivity contribution >= 4 is 5.91 Å². The van der Waals surface area contributed by atoms with Crippen LogP contribution in [-0.2, 0) is 17.9 Å². The fraction of sp³-hybridized carbons (Fsp3) is 0.450. The molecule has 0 N–H and O–H groups in total. The van der Waals surface area contributed by atoms with E-state index in [1.54, 1.807) is 31.4 Å². The summed E-state index contributed by atoms with van der Waals surface area (Å²) in [6.45, 7) is 5.02. The molecule has 6 nitrogen and oxygen atoms in total. The molecule has 0 unspecified atom stereocenters. The molecule has 0 bridgehead atoms. The molecule has 1 saturated heterocycles. The Balaban J connectivity index is 1.58. The Morgan fingerprint density at radius 2 is 2.00 bits per heavy atom. The number of carbonyl (C=O) groups excluding carboxylic acids is 1. The smallest absolute Gasteiger partial charge is 0.253 e. The Kier molecular flexibility index (Phi) is 5.69. The van der Waals surface area contributed by atoms with Crippen molar-refractivity contribution in [2.24, 2.45) is 5.92 Å². The van der Waals surface area contributed by atoms with Crippen LogP contribution in [0.5, 0.6) is 0 Å². The molecule has 1 fully saturated rings. The molecule has 0 saturated carbocycles. The number of hydrogen-bond acceptors (Lipinski definition) is 4. The normalized spacial score (nSPS) is 15.0. The number of likely N-dealkylation sites (tertiary alicyclic amines) is 1. The zero-order chi connectivity index (χ0) is 18.5. The number of rotatable bonds is 5. The molecule has 0 spiro atoms. The number of carbonyl (C=O) groups is 1. The van der Waals surface area contributed by atoms with Crippen LogP contribution in [0.2, 0.25) is 0 Å². The van der Waals surface area contributed by atoms with Gasteiger partial charge in [0.15, 0.2) is 0 Å². The standard InChI is InChI=1S/C20H24N4O2/c1-15-12-22-19(14-26-2)24(15)13-17-7-9-23(10-8-17)20(25)18-5-3-16(11-21)4-6-18/h3-6,12,17H,7-10,13-14H2,1-2H3. The van der Waals surface area contributed by atoms with Crippen molar-refractivity contribution in [2.75, 3.05) is 20.2 Å². The number of methoxy groups -OCH3 is 1. The molecule has 26 heavy (non-hydrogen) atoms. The van der Waals surface area contributed by atoms with Gasteiger partial charge in [0.1, 0.15) is 12.4 Å². The lowest BCUT2D eigenvalue weighted by Gasteiger charge is -2.32. The largest absolute Gasteiger partial charge is 0.377 e. The summed E-state index contributed by atoms with van der Waals surface area (Å²) < 4.78 is 7.46. The van der Waals surface area contributed by atoms with Crippen LogP contribution in [0, 0.1) is 24.2 Å². The molecule has 2 heterocycles. The third kappa shape index (κ3) is 3.94. The average molecular weight is 352 g/mol. The highest BCUT2D eigenvalue weighted by atomic mass is 16.5. The number of ether oxygens (including phenoxy) is 1. The van der Waals surface area contributed by atoms with E-state index < -0.39 is 0 Å². The Hall–Kier alpha value is -2.65. The topological polar surface area (TPSA) is 71.2 Å². The lowest BCUT2D eigenvalue weighted by Crippen LogP contribution is -2.39. The Labute approximate surface area is 154 Å². The molecular formula is C20H24N4O2. The summed E-state index contributed by atoms with van der Waals surface area (Å²) in [6, 6.07) is 8.93. The van der Waals surface area contributed by atoms with Crippen molar-refractivity contribution in [3.05, 3.63) is 53.1 Å². The molecule has 0 atom stereocenters. The number of aromatic nitrogens is 2. The third-order valence-electron chi connectivity index (χ3n) is 5.01. The summed E-state index contributed by atoms with van der Waals surface area (Å²) in [6.07, 6.45) is 3.84. The monoisotopic (exact) mass is 352 g/mol. The maximum Gasteiger partial charge on any atom is 0.253 e. The zero-order valence-electron chi connectivity index (χ0n) is 15.3. The first kappa shape index (κ1) is 18.2. The minimum atomic E-state index is 0.0480. The summed E-state index contributed by atoms with van der Waals surface area (Å²) in [5.74, 6) is 1.54. The van der Waals surface area contributed by atoms with E-state index in [4.69, 9.17) is 10.00 Å². The summed E-state index contributed by atoms with van der Waals surface area (Å²) in [5.41, 5.74) is 2.37. The van der Waals surface area contributed by atoms with Gasteiger partial charge < -0.3 is 14.2 Å². The fourth-order valence-electron chi connectivity index (χ4n) is 3.45. The van der Waals surface area contributed by atoms with Crippen LogP contribution in [-0.4, -0.2) is 40.6 Å². The van der Waals surface area contributed by atoms with E-state index in [1.807, 2.05) is 11.1 Å². The van der Waals surface area contributed by atoms with Crippen molar-refractivity contribution in [3.8, 4) is 6.07 Å². The number of amides is 1. The Bertz CT molecular complexity index is 796. The molecule has 1 aliphatic heterocycles. The van der Waals surface area contributed by atoms with Gasteiger partial charge in [-0.1, -0.05) is 0 Å². The van der Waals surface area contributed by atoms with E-state index in [0.717, 1.165) is 44.0 Å². The molecule has 1 amide bonds.